The van der Waals surface area contributed by atoms with Crippen molar-refractivity contribution in [1.29, 1.82) is 0 Å². The lowest BCUT2D eigenvalue weighted by Gasteiger charge is -2.23. The first kappa shape index (κ1) is 23.9. The van der Waals surface area contributed by atoms with Crippen LogP contribution in [-0.4, -0.2) is 60.6 Å². The third-order valence-corrected chi connectivity index (χ3v) is 6.35. The summed E-state index contributed by atoms with van der Waals surface area (Å²) in [6.07, 6.45) is 3.43. The quantitative estimate of drug-likeness (QED) is 0.540. The van der Waals surface area contributed by atoms with Crippen LogP contribution in [0.15, 0.2) is 48.5 Å². The Hall–Kier alpha value is -3.26. The molecule has 1 heterocycles. The second kappa shape index (κ2) is 11.2. The van der Waals surface area contributed by atoms with Gasteiger partial charge in [-0.15, -0.1) is 0 Å². The van der Waals surface area contributed by atoms with E-state index < -0.39 is 18.1 Å². The summed E-state index contributed by atoms with van der Waals surface area (Å²) in [6, 6.07) is 14.5. The molecule has 4 rings (SSSR count). The van der Waals surface area contributed by atoms with E-state index in [-0.39, 0.29) is 30.9 Å². The Balaban J connectivity index is 1.43. The number of hydrogen-bond donors (Lipinski definition) is 1. The molecule has 182 valence electrons. The third-order valence-electron chi connectivity index (χ3n) is 6.35. The molecular formula is C26H31NO7. The lowest BCUT2D eigenvalue weighted by molar-refractivity contribution is 0.0465. The summed E-state index contributed by atoms with van der Waals surface area (Å²) in [5.74, 6) is 0.206. The fourth-order valence-electron chi connectivity index (χ4n) is 4.58. The van der Waals surface area contributed by atoms with Crippen molar-refractivity contribution in [3.63, 3.8) is 0 Å². The Morgan fingerprint density at radius 2 is 1.74 bits per heavy atom. The summed E-state index contributed by atoms with van der Waals surface area (Å²) in [5.41, 5.74) is 1.26. The monoisotopic (exact) mass is 469 g/mol. The molecule has 0 aromatic heterocycles. The normalized spacial score (nSPS) is 20.3. The van der Waals surface area contributed by atoms with Crippen LogP contribution in [0.5, 0.6) is 11.5 Å². The molecule has 0 bridgehead atoms. The van der Waals surface area contributed by atoms with Crippen molar-refractivity contribution in [2.45, 2.75) is 57.0 Å². The average Bonchev–Trinajstić information content (AvgIpc) is 3.51. The maximum Gasteiger partial charge on any atom is 0.407 e. The minimum absolute atomic E-state index is 0.0681. The number of carbonyl (C=O) groups is 2. The molecule has 8 heteroatoms. The van der Waals surface area contributed by atoms with Crippen molar-refractivity contribution in [3.05, 3.63) is 59.7 Å². The number of nitrogens with zero attached hydrogens (tertiary/aromatic N) is 1. The number of ether oxygens (including phenoxy) is 4. The number of carboxylic acid groups (broad SMARTS) is 1. The second-order valence-electron chi connectivity index (χ2n) is 8.70. The van der Waals surface area contributed by atoms with Crippen LogP contribution in [0.25, 0.3) is 0 Å². The van der Waals surface area contributed by atoms with Crippen molar-refractivity contribution in [1.82, 2.24) is 4.90 Å². The number of esters is 1. The molecule has 0 radical (unpaired) electrons. The highest BCUT2D eigenvalue weighted by Gasteiger charge is 2.37. The molecule has 1 N–H and O–H groups in total. The Kier molecular flexibility index (Phi) is 7.90. The average molecular weight is 470 g/mol. The van der Waals surface area contributed by atoms with Gasteiger partial charge in [0.05, 0.1) is 38.5 Å². The predicted octanol–water partition coefficient (Wildman–Crippen LogP) is 4.51. The standard InChI is InChI=1S/C26H31NO7/c1-31-25(28)24-22(12-7-13-23(24)34-20-10-5-6-11-20)33-17-19-14-21(15-27(19)26(29)30)32-16-18-8-3-2-4-9-18/h2-4,7-9,12-13,19-21H,5-6,10-11,14-17H2,1H3,(H,29,30)/t19-,21+/m1/s1. The molecule has 1 saturated heterocycles. The zero-order valence-corrected chi connectivity index (χ0v) is 19.4. The van der Waals surface area contributed by atoms with Crippen LogP contribution >= 0.6 is 0 Å². The van der Waals surface area contributed by atoms with Gasteiger partial charge in [0.25, 0.3) is 0 Å². The van der Waals surface area contributed by atoms with Gasteiger partial charge in [0.2, 0.25) is 0 Å². The SMILES string of the molecule is COC(=O)c1c(OC[C@H]2C[C@H](OCc3ccccc3)CN2C(=O)O)cccc1OC1CCCC1. The Morgan fingerprint density at radius 1 is 1.00 bits per heavy atom. The van der Waals surface area contributed by atoms with Crippen molar-refractivity contribution >= 4 is 12.1 Å². The predicted molar refractivity (Wildman–Crippen MR) is 124 cm³/mol. The molecule has 2 atom stereocenters. The van der Waals surface area contributed by atoms with Gasteiger partial charge in [-0.1, -0.05) is 36.4 Å². The first-order valence-corrected chi connectivity index (χ1v) is 11.7. The largest absolute Gasteiger partial charge is 0.490 e. The number of hydrogen-bond acceptors (Lipinski definition) is 6. The molecule has 0 spiro atoms. The van der Waals surface area contributed by atoms with Crippen molar-refractivity contribution in [3.8, 4) is 11.5 Å². The number of rotatable bonds is 9. The molecule has 1 aliphatic carbocycles. The minimum atomic E-state index is -1.02. The molecule has 2 fully saturated rings. The van der Waals surface area contributed by atoms with Crippen LogP contribution in [0.4, 0.5) is 4.79 Å². The highest BCUT2D eigenvalue weighted by atomic mass is 16.5. The van der Waals surface area contributed by atoms with E-state index in [9.17, 15) is 14.7 Å². The molecule has 1 amide bonds. The van der Waals surface area contributed by atoms with Gasteiger partial charge in [-0.3, -0.25) is 4.90 Å². The smallest absolute Gasteiger partial charge is 0.407 e. The molecule has 1 aliphatic heterocycles. The number of amides is 1. The summed E-state index contributed by atoms with van der Waals surface area (Å²) in [7, 11) is 1.32. The van der Waals surface area contributed by atoms with Crippen molar-refractivity contribution < 1.29 is 33.6 Å². The van der Waals surface area contributed by atoms with E-state index in [4.69, 9.17) is 18.9 Å². The fourth-order valence-corrected chi connectivity index (χ4v) is 4.58. The van der Waals surface area contributed by atoms with Gasteiger partial charge in [0.1, 0.15) is 23.7 Å². The van der Waals surface area contributed by atoms with E-state index in [1.165, 1.54) is 12.0 Å². The van der Waals surface area contributed by atoms with Crippen molar-refractivity contribution in [2.75, 3.05) is 20.3 Å². The maximum atomic E-state index is 12.6. The van der Waals surface area contributed by atoms with E-state index in [0.717, 1.165) is 31.2 Å². The van der Waals surface area contributed by atoms with Gasteiger partial charge < -0.3 is 24.1 Å². The minimum Gasteiger partial charge on any atom is -0.490 e. The molecule has 8 nitrogen and oxygen atoms in total. The highest BCUT2D eigenvalue weighted by molar-refractivity contribution is 5.95. The van der Waals surface area contributed by atoms with E-state index in [1.807, 2.05) is 30.3 Å². The number of likely N-dealkylation sites (tertiary alicyclic amines) is 1. The lowest BCUT2D eigenvalue weighted by atomic mass is 10.1. The van der Waals surface area contributed by atoms with Crippen molar-refractivity contribution in [2.24, 2.45) is 0 Å². The van der Waals surface area contributed by atoms with Gasteiger partial charge in [-0.2, -0.15) is 0 Å². The Bertz CT molecular complexity index is 974. The van der Waals surface area contributed by atoms with Gasteiger partial charge >= 0.3 is 12.1 Å². The lowest BCUT2D eigenvalue weighted by Crippen LogP contribution is -2.38. The van der Waals surface area contributed by atoms with Crippen LogP contribution in [0, 0.1) is 0 Å². The van der Waals surface area contributed by atoms with Gasteiger partial charge in [-0.25, -0.2) is 9.59 Å². The number of methoxy groups -OCH3 is 1. The van der Waals surface area contributed by atoms with E-state index in [0.29, 0.717) is 24.5 Å². The summed E-state index contributed by atoms with van der Waals surface area (Å²) in [5, 5.41) is 9.69. The Morgan fingerprint density at radius 3 is 2.44 bits per heavy atom. The maximum absolute atomic E-state index is 12.6. The Labute approximate surface area is 199 Å². The van der Waals surface area contributed by atoms with Crippen LogP contribution in [-0.2, 0) is 16.1 Å². The van der Waals surface area contributed by atoms with Gasteiger partial charge in [-0.05, 0) is 49.8 Å². The summed E-state index contributed by atoms with van der Waals surface area (Å²) in [6.45, 7) is 0.777. The molecule has 0 unspecified atom stereocenters. The van der Waals surface area contributed by atoms with Crippen LogP contribution in [0.2, 0.25) is 0 Å². The molecule has 2 aliphatic rings. The van der Waals surface area contributed by atoms with Gasteiger partial charge in [0, 0.05) is 0 Å². The van der Waals surface area contributed by atoms with E-state index >= 15 is 0 Å². The van der Waals surface area contributed by atoms with E-state index in [1.54, 1.807) is 18.2 Å². The van der Waals surface area contributed by atoms with Gasteiger partial charge in [0.15, 0.2) is 0 Å². The molecular weight excluding hydrogens is 438 g/mol. The number of benzene rings is 2. The third kappa shape index (κ3) is 5.80. The van der Waals surface area contributed by atoms with Crippen LogP contribution in [0.3, 0.4) is 0 Å². The molecule has 1 saturated carbocycles. The summed E-state index contributed by atoms with van der Waals surface area (Å²) >= 11 is 0. The summed E-state index contributed by atoms with van der Waals surface area (Å²) in [4.78, 5) is 25.7. The highest BCUT2D eigenvalue weighted by Crippen LogP contribution is 2.33. The van der Waals surface area contributed by atoms with Crippen LogP contribution < -0.4 is 9.47 Å². The number of carbonyl (C=O) groups excluding carboxylic acids is 1. The zero-order chi connectivity index (χ0) is 23.9. The van der Waals surface area contributed by atoms with Crippen LogP contribution in [0.1, 0.15) is 48.0 Å². The summed E-state index contributed by atoms with van der Waals surface area (Å²) < 4.78 is 23.0. The first-order chi connectivity index (χ1) is 16.5. The first-order valence-electron chi connectivity index (χ1n) is 11.7. The fraction of sp³-hybridized carbons (Fsp3) is 0.462. The second-order valence-corrected chi connectivity index (χ2v) is 8.70. The molecule has 34 heavy (non-hydrogen) atoms. The zero-order valence-electron chi connectivity index (χ0n) is 19.4. The molecule has 2 aromatic carbocycles. The van der Waals surface area contributed by atoms with E-state index in [2.05, 4.69) is 0 Å². The topological polar surface area (TPSA) is 94.5 Å². The molecule has 2 aromatic rings.